The zero-order chi connectivity index (χ0) is 6.97. The Morgan fingerprint density at radius 2 is 2.27 bits per heavy atom. The van der Waals surface area contributed by atoms with Gasteiger partial charge in [0.25, 0.3) is 0 Å². The van der Waals surface area contributed by atoms with Gasteiger partial charge < -0.3 is 9.97 Å². The number of fused-ring (bicyclic) bond motifs is 1. The minimum atomic E-state index is 0. The molecule has 0 saturated heterocycles. The predicted molar refractivity (Wildman–Crippen MR) is 39.8 cm³/mol. The van der Waals surface area contributed by atoms with Crippen molar-refractivity contribution in [2.75, 3.05) is 0 Å². The topological polar surface area (TPSA) is 27.0 Å². The van der Waals surface area contributed by atoms with E-state index in [1.165, 1.54) is 0 Å². The molecule has 0 aliphatic carbocycles. The van der Waals surface area contributed by atoms with Gasteiger partial charge in [0.15, 0.2) is 0 Å². The zero-order valence-electron chi connectivity index (χ0n) is 6.70. The Morgan fingerprint density at radius 1 is 1.45 bits per heavy atom. The third kappa shape index (κ3) is 1.92. The third-order valence-electron chi connectivity index (χ3n) is 1.46. The number of rotatable bonds is 0. The summed E-state index contributed by atoms with van der Waals surface area (Å²) in [4.78, 5) is 8.29. The standard InChI is InChI=1S/C8H7N2.K/c1-6-5-7-3-2-4-9-8(7)10-6;/h2-5H,1H3;/q-1;+1. The molecule has 2 aromatic heterocycles. The van der Waals surface area contributed by atoms with Gasteiger partial charge in [-0.3, -0.25) is 0 Å². The number of hydrogen-bond acceptors (Lipinski definition) is 1. The quantitative estimate of drug-likeness (QED) is 0.450. The van der Waals surface area contributed by atoms with Gasteiger partial charge in [0, 0.05) is 0 Å². The average molecular weight is 170 g/mol. The fourth-order valence-electron chi connectivity index (χ4n) is 1.04. The molecule has 0 bridgehead atoms. The van der Waals surface area contributed by atoms with Crippen molar-refractivity contribution in [3.63, 3.8) is 0 Å². The smallest absolute Gasteiger partial charge is 0.442 e. The number of nitrogens with zero attached hydrogens (tertiary/aromatic N) is 2. The van der Waals surface area contributed by atoms with Crippen molar-refractivity contribution >= 4 is 11.0 Å². The Balaban J connectivity index is 0.000000605. The van der Waals surface area contributed by atoms with Gasteiger partial charge in [-0.25, -0.2) is 0 Å². The minimum absolute atomic E-state index is 0. The fraction of sp³-hybridized carbons (Fsp3) is 0.125. The maximum absolute atomic E-state index is 4.20. The van der Waals surface area contributed by atoms with Gasteiger partial charge in [-0.05, 0) is 12.3 Å². The van der Waals surface area contributed by atoms with E-state index >= 15 is 0 Å². The summed E-state index contributed by atoms with van der Waals surface area (Å²) in [7, 11) is 0. The Labute approximate surface area is 108 Å². The van der Waals surface area contributed by atoms with Gasteiger partial charge in [-0.15, -0.1) is 0 Å². The van der Waals surface area contributed by atoms with E-state index in [1.54, 1.807) is 6.20 Å². The van der Waals surface area contributed by atoms with Crippen LogP contribution in [-0.4, -0.2) is 4.98 Å². The molecule has 0 aliphatic heterocycles. The van der Waals surface area contributed by atoms with E-state index in [-0.39, 0.29) is 51.4 Å². The molecule has 0 aliphatic rings. The molecule has 0 spiro atoms. The Morgan fingerprint density at radius 3 is 3.00 bits per heavy atom. The summed E-state index contributed by atoms with van der Waals surface area (Å²) < 4.78 is 0. The first-order valence-electron chi connectivity index (χ1n) is 3.21. The molecular formula is C8H7KN2. The molecule has 2 rings (SSSR count). The van der Waals surface area contributed by atoms with Crippen molar-refractivity contribution < 1.29 is 51.4 Å². The van der Waals surface area contributed by atoms with Gasteiger partial charge in [0.05, 0.1) is 0 Å². The zero-order valence-corrected chi connectivity index (χ0v) is 9.83. The van der Waals surface area contributed by atoms with Crippen LogP contribution in [0.25, 0.3) is 11.0 Å². The van der Waals surface area contributed by atoms with Crippen molar-refractivity contribution in [3.05, 3.63) is 30.1 Å². The molecule has 11 heavy (non-hydrogen) atoms. The van der Waals surface area contributed by atoms with E-state index < -0.39 is 0 Å². The largest absolute Gasteiger partial charge is 1.00 e. The predicted octanol–water partition coefficient (Wildman–Crippen LogP) is -1.50. The number of aryl methyl sites for hydroxylation is 1. The number of hydrogen-bond donors (Lipinski definition) is 0. The van der Waals surface area contributed by atoms with E-state index in [0.29, 0.717) is 0 Å². The molecule has 2 aromatic rings. The van der Waals surface area contributed by atoms with Crippen LogP contribution in [0.15, 0.2) is 24.4 Å². The molecule has 0 radical (unpaired) electrons. The molecule has 0 atom stereocenters. The van der Waals surface area contributed by atoms with Crippen LogP contribution in [0.3, 0.4) is 0 Å². The molecule has 50 valence electrons. The second-order valence-electron chi connectivity index (χ2n) is 2.31. The minimum Gasteiger partial charge on any atom is -0.442 e. The van der Waals surface area contributed by atoms with Crippen molar-refractivity contribution in [1.82, 2.24) is 9.97 Å². The van der Waals surface area contributed by atoms with Gasteiger partial charge in [-0.2, -0.15) is 0 Å². The summed E-state index contributed by atoms with van der Waals surface area (Å²) in [5.41, 5.74) is 1.88. The number of pyridine rings is 1. The molecule has 0 saturated carbocycles. The van der Waals surface area contributed by atoms with Crippen molar-refractivity contribution in [2.24, 2.45) is 0 Å². The van der Waals surface area contributed by atoms with Crippen LogP contribution in [0.1, 0.15) is 5.69 Å². The molecule has 0 aromatic carbocycles. The van der Waals surface area contributed by atoms with Gasteiger partial charge in [0.1, 0.15) is 0 Å². The monoisotopic (exact) mass is 170 g/mol. The Kier molecular flexibility index (Phi) is 3.27. The van der Waals surface area contributed by atoms with Gasteiger partial charge >= 0.3 is 51.4 Å². The second-order valence-corrected chi connectivity index (χ2v) is 2.31. The SMILES string of the molecule is Cc1cc2cccnc2[n-]1.[K+]. The summed E-state index contributed by atoms with van der Waals surface area (Å²) >= 11 is 0. The average Bonchev–Trinajstić information content (AvgIpc) is 2.27. The molecule has 0 amide bonds. The normalized spacial score (nSPS) is 9.55. The summed E-state index contributed by atoms with van der Waals surface area (Å²) in [5, 5.41) is 1.13. The molecule has 2 heterocycles. The van der Waals surface area contributed by atoms with Crippen molar-refractivity contribution in [2.45, 2.75) is 6.92 Å². The molecule has 0 fully saturated rings. The van der Waals surface area contributed by atoms with Crippen molar-refractivity contribution in [3.8, 4) is 0 Å². The van der Waals surface area contributed by atoms with E-state index in [4.69, 9.17) is 0 Å². The summed E-state index contributed by atoms with van der Waals surface area (Å²) in [6, 6.07) is 5.97. The summed E-state index contributed by atoms with van der Waals surface area (Å²) in [6.07, 6.45) is 1.76. The maximum Gasteiger partial charge on any atom is 1.00 e. The van der Waals surface area contributed by atoms with Crippen LogP contribution in [0.2, 0.25) is 0 Å². The fourth-order valence-corrected chi connectivity index (χ4v) is 1.04. The molecule has 3 heteroatoms. The van der Waals surface area contributed by atoms with E-state index in [0.717, 1.165) is 16.7 Å². The van der Waals surface area contributed by atoms with Crippen LogP contribution in [0, 0.1) is 6.92 Å². The van der Waals surface area contributed by atoms with Crippen LogP contribution in [-0.2, 0) is 0 Å². The first kappa shape index (κ1) is 9.41. The Hall–Kier alpha value is 0.326. The van der Waals surface area contributed by atoms with E-state index in [2.05, 4.69) is 9.97 Å². The second kappa shape index (κ2) is 3.82. The van der Waals surface area contributed by atoms with E-state index in [9.17, 15) is 0 Å². The van der Waals surface area contributed by atoms with Crippen LogP contribution < -0.4 is 56.4 Å². The molecular weight excluding hydrogens is 163 g/mol. The molecule has 0 N–H and O–H groups in total. The van der Waals surface area contributed by atoms with Crippen LogP contribution in [0.5, 0.6) is 0 Å². The first-order chi connectivity index (χ1) is 4.86. The van der Waals surface area contributed by atoms with Gasteiger partial charge in [0.2, 0.25) is 0 Å². The maximum atomic E-state index is 4.20. The molecule has 0 unspecified atom stereocenters. The third-order valence-corrected chi connectivity index (χ3v) is 1.46. The van der Waals surface area contributed by atoms with Crippen molar-refractivity contribution in [1.29, 1.82) is 0 Å². The first-order valence-corrected chi connectivity index (χ1v) is 3.21. The van der Waals surface area contributed by atoms with E-state index in [1.807, 2.05) is 25.1 Å². The van der Waals surface area contributed by atoms with Crippen LogP contribution >= 0.6 is 0 Å². The Bertz CT molecular complexity index is 321. The summed E-state index contributed by atoms with van der Waals surface area (Å²) in [5.74, 6) is 0. The van der Waals surface area contributed by atoms with Crippen LogP contribution in [0.4, 0.5) is 0 Å². The number of aromatic nitrogens is 2. The van der Waals surface area contributed by atoms with Gasteiger partial charge in [-0.1, -0.05) is 35.7 Å². The summed E-state index contributed by atoms with van der Waals surface area (Å²) in [6.45, 7) is 1.97. The molecule has 2 nitrogen and oxygen atoms in total.